The van der Waals surface area contributed by atoms with Crippen molar-refractivity contribution < 1.29 is 14.3 Å². The summed E-state index contributed by atoms with van der Waals surface area (Å²) < 4.78 is 11.3. The van der Waals surface area contributed by atoms with Crippen molar-refractivity contribution in [3.8, 4) is 5.75 Å². The lowest BCUT2D eigenvalue weighted by atomic mass is 10.0. The third-order valence-corrected chi connectivity index (χ3v) is 5.01. The third kappa shape index (κ3) is 9.48. The summed E-state index contributed by atoms with van der Waals surface area (Å²) in [5.74, 6) is 1.96. The molecule has 0 radical (unpaired) electrons. The molecule has 1 aliphatic carbocycles. The summed E-state index contributed by atoms with van der Waals surface area (Å²) in [7, 11) is 1.78. The smallest absolute Gasteiger partial charge is 0.258 e. The summed E-state index contributed by atoms with van der Waals surface area (Å²) in [6, 6.07) is 8.24. The second-order valence-electron chi connectivity index (χ2n) is 7.98. The molecule has 1 saturated carbocycles. The molecule has 1 atom stereocenters. The lowest BCUT2D eigenvalue weighted by Crippen LogP contribution is -2.40. The van der Waals surface area contributed by atoms with Gasteiger partial charge in [-0.05, 0) is 56.2 Å². The molecule has 1 aromatic carbocycles. The van der Waals surface area contributed by atoms with Crippen LogP contribution >= 0.6 is 0 Å². The zero-order chi connectivity index (χ0) is 21.8. The molecule has 0 saturated heterocycles. The van der Waals surface area contributed by atoms with Crippen LogP contribution in [0.15, 0.2) is 29.3 Å². The average Bonchev–Trinajstić information content (AvgIpc) is 3.55. The first kappa shape index (κ1) is 24.0. The highest BCUT2D eigenvalue weighted by molar-refractivity contribution is 5.79. The number of rotatable bonds is 13. The normalized spacial score (nSPS) is 15.0. The van der Waals surface area contributed by atoms with Crippen molar-refractivity contribution >= 4 is 11.9 Å². The van der Waals surface area contributed by atoms with Gasteiger partial charge in [0.1, 0.15) is 5.75 Å². The van der Waals surface area contributed by atoms with E-state index in [0.717, 1.165) is 51.3 Å². The Hall–Kier alpha value is -2.28. The number of carbonyl (C=O) groups is 1. The molecule has 0 aliphatic heterocycles. The zero-order valence-electron chi connectivity index (χ0n) is 18.9. The van der Waals surface area contributed by atoms with E-state index in [2.05, 4.69) is 34.8 Å². The van der Waals surface area contributed by atoms with Crippen molar-refractivity contribution in [2.45, 2.75) is 58.6 Å². The predicted molar refractivity (Wildman–Crippen MR) is 121 cm³/mol. The number of nitrogens with zero attached hydrogens (tertiary/aromatic N) is 1. The van der Waals surface area contributed by atoms with E-state index in [-0.39, 0.29) is 18.6 Å². The van der Waals surface area contributed by atoms with Crippen LogP contribution in [-0.2, 0) is 16.0 Å². The van der Waals surface area contributed by atoms with E-state index in [4.69, 9.17) is 9.47 Å². The molecule has 30 heavy (non-hydrogen) atoms. The molecule has 0 heterocycles. The Labute approximate surface area is 181 Å². The van der Waals surface area contributed by atoms with E-state index < -0.39 is 0 Å². The molecule has 0 bridgehead atoms. The Morgan fingerprint density at radius 1 is 1.17 bits per heavy atom. The number of benzene rings is 1. The maximum absolute atomic E-state index is 11.7. The molecule has 7 nitrogen and oxygen atoms in total. The van der Waals surface area contributed by atoms with Crippen LogP contribution in [0.3, 0.4) is 0 Å². The van der Waals surface area contributed by atoms with Gasteiger partial charge in [-0.15, -0.1) is 0 Å². The first-order valence-corrected chi connectivity index (χ1v) is 11.1. The van der Waals surface area contributed by atoms with Gasteiger partial charge < -0.3 is 25.4 Å². The largest absolute Gasteiger partial charge is 0.484 e. The molecule has 0 aromatic heterocycles. The first-order valence-electron chi connectivity index (χ1n) is 11.1. The van der Waals surface area contributed by atoms with Gasteiger partial charge in [0.15, 0.2) is 12.6 Å². The third-order valence-electron chi connectivity index (χ3n) is 5.01. The van der Waals surface area contributed by atoms with Crippen LogP contribution in [0.5, 0.6) is 5.75 Å². The van der Waals surface area contributed by atoms with E-state index in [9.17, 15) is 4.79 Å². The zero-order valence-corrected chi connectivity index (χ0v) is 18.9. The molecule has 0 spiro atoms. The van der Waals surface area contributed by atoms with Crippen molar-refractivity contribution in [2.75, 3.05) is 33.4 Å². The van der Waals surface area contributed by atoms with Gasteiger partial charge in [-0.3, -0.25) is 9.79 Å². The monoisotopic (exact) mass is 418 g/mol. The second kappa shape index (κ2) is 13.1. The van der Waals surface area contributed by atoms with Crippen LogP contribution in [0.4, 0.5) is 0 Å². The molecule has 168 valence electrons. The fourth-order valence-corrected chi connectivity index (χ4v) is 3.10. The van der Waals surface area contributed by atoms with Gasteiger partial charge in [0.05, 0.1) is 6.10 Å². The molecule has 7 heteroatoms. The topological polar surface area (TPSA) is 84.0 Å². The summed E-state index contributed by atoms with van der Waals surface area (Å²) in [5.41, 5.74) is 1.20. The Morgan fingerprint density at radius 3 is 2.47 bits per heavy atom. The molecule has 1 amide bonds. The minimum Gasteiger partial charge on any atom is -0.484 e. The molecule has 1 fully saturated rings. The SMILES string of the molecule is CCOC(CCNC(=NC)NCCc1ccc(OCC(=O)NC2CC2)cc1)C(C)C. The maximum Gasteiger partial charge on any atom is 0.258 e. The molecule has 1 aliphatic rings. The van der Waals surface area contributed by atoms with Crippen molar-refractivity contribution in [1.82, 2.24) is 16.0 Å². The van der Waals surface area contributed by atoms with Gasteiger partial charge in [0, 0.05) is 32.8 Å². The highest BCUT2D eigenvalue weighted by atomic mass is 16.5. The second-order valence-corrected chi connectivity index (χ2v) is 7.98. The van der Waals surface area contributed by atoms with Gasteiger partial charge in [-0.1, -0.05) is 26.0 Å². The lowest BCUT2D eigenvalue weighted by molar-refractivity contribution is -0.123. The summed E-state index contributed by atoms with van der Waals surface area (Å²) in [5, 5.41) is 9.62. The van der Waals surface area contributed by atoms with E-state index in [1.807, 2.05) is 31.2 Å². The number of amides is 1. The molecule has 3 N–H and O–H groups in total. The molecular weight excluding hydrogens is 380 g/mol. The first-order chi connectivity index (χ1) is 14.5. The van der Waals surface area contributed by atoms with Crippen LogP contribution in [-0.4, -0.2) is 57.4 Å². The van der Waals surface area contributed by atoms with Crippen molar-refractivity contribution in [3.63, 3.8) is 0 Å². The van der Waals surface area contributed by atoms with Gasteiger partial charge >= 0.3 is 0 Å². The number of nitrogens with one attached hydrogen (secondary N) is 3. The maximum atomic E-state index is 11.7. The van der Waals surface area contributed by atoms with E-state index in [0.29, 0.717) is 17.7 Å². The van der Waals surface area contributed by atoms with E-state index >= 15 is 0 Å². The number of hydrogen-bond acceptors (Lipinski definition) is 4. The predicted octanol–water partition coefficient (Wildman–Crippen LogP) is 2.50. The lowest BCUT2D eigenvalue weighted by Gasteiger charge is -2.21. The van der Waals surface area contributed by atoms with Crippen LogP contribution in [0.25, 0.3) is 0 Å². The average molecular weight is 419 g/mol. The van der Waals surface area contributed by atoms with Gasteiger partial charge in [0.2, 0.25) is 0 Å². The minimum absolute atomic E-state index is 0.0503. The van der Waals surface area contributed by atoms with Crippen LogP contribution in [0, 0.1) is 5.92 Å². The Morgan fingerprint density at radius 2 is 1.87 bits per heavy atom. The fraction of sp³-hybridized carbons (Fsp3) is 0.652. The fourth-order valence-electron chi connectivity index (χ4n) is 3.10. The number of carbonyl (C=O) groups excluding carboxylic acids is 1. The van der Waals surface area contributed by atoms with Gasteiger partial charge in [-0.25, -0.2) is 0 Å². The highest BCUT2D eigenvalue weighted by Crippen LogP contribution is 2.18. The Bertz CT molecular complexity index is 657. The van der Waals surface area contributed by atoms with Crippen molar-refractivity contribution in [1.29, 1.82) is 0 Å². The summed E-state index contributed by atoms with van der Waals surface area (Å²) in [6.45, 7) is 8.83. The standard InChI is InChI=1S/C23H38N4O3/c1-5-29-21(17(2)3)13-15-26-23(24-4)25-14-12-18-6-10-20(11-7-18)30-16-22(28)27-19-8-9-19/h6-7,10-11,17,19,21H,5,8-9,12-16H2,1-4H3,(H,27,28)(H2,24,25,26). The van der Waals surface area contributed by atoms with Crippen LogP contribution < -0.4 is 20.7 Å². The van der Waals surface area contributed by atoms with E-state index in [1.165, 1.54) is 5.56 Å². The summed E-state index contributed by atoms with van der Waals surface area (Å²) in [6.07, 6.45) is 4.25. The van der Waals surface area contributed by atoms with E-state index in [1.54, 1.807) is 7.05 Å². The highest BCUT2D eigenvalue weighted by Gasteiger charge is 2.23. The van der Waals surface area contributed by atoms with Gasteiger partial charge in [-0.2, -0.15) is 0 Å². The Balaban J connectivity index is 1.63. The van der Waals surface area contributed by atoms with Crippen LogP contribution in [0.2, 0.25) is 0 Å². The van der Waals surface area contributed by atoms with Crippen molar-refractivity contribution in [2.24, 2.45) is 10.9 Å². The van der Waals surface area contributed by atoms with Crippen molar-refractivity contribution in [3.05, 3.63) is 29.8 Å². The summed E-state index contributed by atoms with van der Waals surface area (Å²) >= 11 is 0. The number of aliphatic imine (C=N–C) groups is 1. The minimum atomic E-state index is -0.0503. The molecular formula is C23H38N4O3. The Kier molecular flexibility index (Phi) is 10.5. The number of ether oxygens (including phenoxy) is 2. The quantitative estimate of drug-likeness (QED) is 0.339. The molecule has 1 aromatic rings. The van der Waals surface area contributed by atoms with Crippen LogP contribution in [0.1, 0.15) is 45.6 Å². The number of guanidine groups is 1. The van der Waals surface area contributed by atoms with Gasteiger partial charge in [0.25, 0.3) is 5.91 Å². The number of hydrogen-bond donors (Lipinski definition) is 3. The molecule has 2 rings (SSSR count). The molecule has 1 unspecified atom stereocenters. The summed E-state index contributed by atoms with van der Waals surface area (Å²) in [4.78, 5) is 16.0.